The summed E-state index contributed by atoms with van der Waals surface area (Å²) in [5.74, 6) is -1.26. The number of ether oxygens (including phenoxy) is 1. The minimum absolute atomic E-state index is 0.152. The molecule has 0 spiro atoms. The molecule has 0 aromatic heterocycles. The van der Waals surface area contributed by atoms with E-state index in [1.54, 1.807) is 35.2 Å². The Labute approximate surface area is 144 Å². The molecule has 1 aliphatic rings. The van der Waals surface area contributed by atoms with Gasteiger partial charge in [-0.2, -0.15) is 0 Å². The van der Waals surface area contributed by atoms with Crippen LogP contribution in [0.5, 0.6) is 5.75 Å². The van der Waals surface area contributed by atoms with Crippen LogP contribution in [0.2, 0.25) is 0 Å². The van der Waals surface area contributed by atoms with Crippen LogP contribution in [0.15, 0.2) is 48.5 Å². The molecule has 1 fully saturated rings. The van der Waals surface area contributed by atoms with E-state index in [4.69, 9.17) is 9.84 Å². The SMILES string of the molecule is O=C(O)COc1cccc(C(=O)N(Cc2cccc(F)c2)C2CC2)c1. The van der Waals surface area contributed by atoms with Crippen LogP contribution in [-0.2, 0) is 11.3 Å². The highest BCUT2D eigenvalue weighted by molar-refractivity contribution is 5.95. The minimum Gasteiger partial charge on any atom is -0.482 e. The van der Waals surface area contributed by atoms with Crippen molar-refractivity contribution in [3.63, 3.8) is 0 Å². The molecule has 0 atom stereocenters. The molecule has 1 saturated carbocycles. The third-order valence-corrected chi connectivity index (χ3v) is 3.93. The fourth-order valence-electron chi connectivity index (χ4n) is 2.61. The van der Waals surface area contributed by atoms with Gasteiger partial charge in [-0.05, 0) is 48.7 Å². The van der Waals surface area contributed by atoms with Gasteiger partial charge in [0.05, 0.1) is 0 Å². The molecule has 0 bridgehead atoms. The van der Waals surface area contributed by atoms with Crippen LogP contribution in [0.3, 0.4) is 0 Å². The van der Waals surface area contributed by atoms with E-state index in [1.165, 1.54) is 18.2 Å². The molecule has 0 saturated heterocycles. The monoisotopic (exact) mass is 343 g/mol. The largest absolute Gasteiger partial charge is 0.482 e. The Hall–Kier alpha value is -2.89. The van der Waals surface area contributed by atoms with Crippen molar-refractivity contribution in [1.82, 2.24) is 4.90 Å². The number of aliphatic carboxylic acids is 1. The first-order valence-electron chi connectivity index (χ1n) is 8.03. The first-order valence-corrected chi connectivity index (χ1v) is 8.03. The van der Waals surface area contributed by atoms with Crippen LogP contribution in [0.4, 0.5) is 4.39 Å². The van der Waals surface area contributed by atoms with Crippen LogP contribution >= 0.6 is 0 Å². The number of hydrogen-bond acceptors (Lipinski definition) is 3. The third-order valence-electron chi connectivity index (χ3n) is 3.93. The van der Waals surface area contributed by atoms with Gasteiger partial charge in [-0.15, -0.1) is 0 Å². The highest BCUT2D eigenvalue weighted by Gasteiger charge is 2.33. The second-order valence-corrected chi connectivity index (χ2v) is 6.00. The Bertz CT molecular complexity index is 788. The topological polar surface area (TPSA) is 66.8 Å². The Kier molecular flexibility index (Phi) is 4.97. The van der Waals surface area contributed by atoms with Crippen molar-refractivity contribution in [3.05, 3.63) is 65.5 Å². The van der Waals surface area contributed by atoms with Gasteiger partial charge in [0, 0.05) is 18.2 Å². The predicted molar refractivity (Wildman–Crippen MR) is 88.9 cm³/mol. The maximum absolute atomic E-state index is 13.4. The second-order valence-electron chi connectivity index (χ2n) is 6.00. The van der Waals surface area contributed by atoms with E-state index in [0.29, 0.717) is 17.9 Å². The van der Waals surface area contributed by atoms with Crippen molar-refractivity contribution in [2.75, 3.05) is 6.61 Å². The molecule has 2 aromatic carbocycles. The van der Waals surface area contributed by atoms with Gasteiger partial charge in [-0.1, -0.05) is 18.2 Å². The Morgan fingerprint density at radius 1 is 1.16 bits per heavy atom. The van der Waals surface area contributed by atoms with E-state index in [9.17, 15) is 14.0 Å². The van der Waals surface area contributed by atoms with Gasteiger partial charge in [-0.3, -0.25) is 4.79 Å². The smallest absolute Gasteiger partial charge is 0.341 e. The van der Waals surface area contributed by atoms with Crippen molar-refractivity contribution in [1.29, 1.82) is 0 Å². The van der Waals surface area contributed by atoms with Crippen LogP contribution in [0.25, 0.3) is 0 Å². The van der Waals surface area contributed by atoms with Crippen molar-refractivity contribution in [3.8, 4) is 5.75 Å². The lowest BCUT2D eigenvalue weighted by Gasteiger charge is -2.23. The zero-order valence-electron chi connectivity index (χ0n) is 13.5. The van der Waals surface area contributed by atoms with E-state index in [2.05, 4.69) is 0 Å². The summed E-state index contributed by atoms with van der Waals surface area (Å²) in [5.41, 5.74) is 1.16. The number of benzene rings is 2. The fourth-order valence-corrected chi connectivity index (χ4v) is 2.61. The molecule has 130 valence electrons. The molecule has 0 aliphatic heterocycles. The lowest BCUT2D eigenvalue weighted by molar-refractivity contribution is -0.139. The molecular formula is C19H18FNO4. The standard InChI is InChI=1S/C19H18FNO4/c20-15-5-1-3-13(9-15)11-21(16-7-8-16)19(24)14-4-2-6-17(10-14)25-12-18(22)23/h1-6,9-10,16H,7-8,11-12H2,(H,22,23). The number of carboxylic acid groups (broad SMARTS) is 1. The zero-order chi connectivity index (χ0) is 17.8. The molecule has 25 heavy (non-hydrogen) atoms. The summed E-state index contributed by atoms with van der Waals surface area (Å²) in [6, 6.07) is 12.8. The molecule has 1 amide bonds. The molecule has 1 aliphatic carbocycles. The highest BCUT2D eigenvalue weighted by Crippen LogP contribution is 2.30. The van der Waals surface area contributed by atoms with Gasteiger partial charge in [0.15, 0.2) is 6.61 Å². The van der Waals surface area contributed by atoms with Gasteiger partial charge < -0.3 is 14.7 Å². The highest BCUT2D eigenvalue weighted by atomic mass is 19.1. The molecule has 5 nitrogen and oxygen atoms in total. The summed E-state index contributed by atoms with van der Waals surface area (Å²) in [6.07, 6.45) is 1.85. The third kappa shape index (κ3) is 4.56. The fraction of sp³-hybridized carbons (Fsp3) is 0.263. The average Bonchev–Trinajstić information content (AvgIpc) is 3.42. The molecule has 1 N–H and O–H groups in total. The van der Waals surface area contributed by atoms with Crippen molar-refractivity contribution < 1.29 is 23.8 Å². The Morgan fingerprint density at radius 3 is 2.60 bits per heavy atom. The summed E-state index contributed by atoms with van der Waals surface area (Å²) in [7, 11) is 0. The van der Waals surface area contributed by atoms with Crippen molar-refractivity contribution >= 4 is 11.9 Å². The number of rotatable bonds is 7. The molecule has 0 unspecified atom stereocenters. The van der Waals surface area contributed by atoms with Crippen LogP contribution in [0.1, 0.15) is 28.8 Å². The van der Waals surface area contributed by atoms with Gasteiger partial charge in [0.2, 0.25) is 0 Å². The van der Waals surface area contributed by atoms with E-state index in [1.807, 2.05) is 0 Å². The first kappa shape index (κ1) is 17.0. The number of carboxylic acids is 1. The minimum atomic E-state index is -1.08. The first-order chi connectivity index (χ1) is 12.0. The van der Waals surface area contributed by atoms with Crippen LogP contribution in [0, 0.1) is 5.82 Å². The zero-order valence-corrected chi connectivity index (χ0v) is 13.5. The predicted octanol–water partition coefficient (Wildman–Crippen LogP) is 3.09. The average molecular weight is 343 g/mol. The Morgan fingerprint density at radius 2 is 1.92 bits per heavy atom. The van der Waals surface area contributed by atoms with Gasteiger partial charge in [0.1, 0.15) is 11.6 Å². The van der Waals surface area contributed by atoms with E-state index >= 15 is 0 Å². The number of carbonyl (C=O) groups excluding carboxylic acids is 1. The van der Waals surface area contributed by atoms with Gasteiger partial charge in [0.25, 0.3) is 5.91 Å². The molecule has 0 heterocycles. The summed E-state index contributed by atoms with van der Waals surface area (Å²) >= 11 is 0. The van der Waals surface area contributed by atoms with Crippen molar-refractivity contribution in [2.24, 2.45) is 0 Å². The molecular weight excluding hydrogens is 325 g/mol. The summed E-state index contributed by atoms with van der Waals surface area (Å²) in [4.78, 5) is 25.2. The van der Waals surface area contributed by atoms with E-state index in [0.717, 1.165) is 18.4 Å². The number of nitrogens with zero attached hydrogens (tertiary/aromatic N) is 1. The molecule has 2 aromatic rings. The Balaban J connectivity index is 1.76. The molecule has 0 radical (unpaired) electrons. The van der Waals surface area contributed by atoms with Gasteiger partial charge in [-0.25, -0.2) is 9.18 Å². The summed E-state index contributed by atoms with van der Waals surface area (Å²) < 4.78 is 18.5. The van der Waals surface area contributed by atoms with Gasteiger partial charge >= 0.3 is 5.97 Å². The summed E-state index contributed by atoms with van der Waals surface area (Å²) in [6.45, 7) is -0.130. The van der Waals surface area contributed by atoms with Crippen LogP contribution < -0.4 is 4.74 Å². The maximum atomic E-state index is 13.4. The normalized spacial score (nSPS) is 13.3. The lowest BCUT2D eigenvalue weighted by atomic mass is 10.1. The maximum Gasteiger partial charge on any atom is 0.341 e. The number of hydrogen-bond donors (Lipinski definition) is 1. The van der Waals surface area contributed by atoms with Crippen LogP contribution in [-0.4, -0.2) is 34.5 Å². The number of carbonyl (C=O) groups is 2. The van der Waals surface area contributed by atoms with E-state index < -0.39 is 12.6 Å². The summed E-state index contributed by atoms with van der Waals surface area (Å²) in [5, 5.41) is 8.68. The van der Waals surface area contributed by atoms with Crippen molar-refractivity contribution in [2.45, 2.75) is 25.4 Å². The lowest BCUT2D eigenvalue weighted by Crippen LogP contribution is -2.32. The number of halogens is 1. The number of amides is 1. The molecule has 3 rings (SSSR count). The molecule has 6 heteroatoms. The second kappa shape index (κ2) is 7.34. The van der Waals surface area contributed by atoms with E-state index in [-0.39, 0.29) is 17.8 Å². The quantitative estimate of drug-likeness (QED) is 0.839.